The number of hydrogen-bond acceptors (Lipinski definition) is 5. The fraction of sp³-hybridized carbons (Fsp3) is 0.500. The molecule has 0 bridgehead atoms. The lowest BCUT2D eigenvalue weighted by molar-refractivity contribution is -0.0264. The molecule has 0 radical (unpaired) electrons. The molecule has 0 saturated carbocycles. The molecule has 1 saturated heterocycles. The molecule has 0 N–H and O–H groups in total. The van der Waals surface area contributed by atoms with Crippen LogP contribution in [0, 0.1) is 0 Å². The molecule has 0 amide bonds. The molecule has 1 unspecified atom stereocenters. The van der Waals surface area contributed by atoms with Gasteiger partial charge in [0.1, 0.15) is 6.10 Å². The van der Waals surface area contributed by atoms with Crippen LogP contribution in [0.5, 0.6) is 0 Å². The zero-order valence-electron chi connectivity index (χ0n) is 12.7. The van der Waals surface area contributed by atoms with Crippen LogP contribution in [-0.4, -0.2) is 41.8 Å². The predicted octanol–water partition coefficient (Wildman–Crippen LogP) is 2.40. The lowest BCUT2D eigenvalue weighted by Gasteiger charge is -2.27. The topological polar surface area (TPSA) is 51.4 Å². The Hall–Kier alpha value is -1.72. The van der Waals surface area contributed by atoms with Gasteiger partial charge in [0, 0.05) is 13.1 Å². The number of nitrogens with zero attached hydrogens (tertiary/aromatic N) is 3. The van der Waals surface area contributed by atoms with Gasteiger partial charge in [-0.1, -0.05) is 35.5 Å². The Morgan fingerprint density at radius 1 is 1.24 bits per heavy atom. The van der Waals surface area contributed by atoms with Crippen molar-refractivity contribution in [2.45, 2.75) is 25.4 Å². The van der Waals surface area contributed by atoms with E-state index in [1.807, 2.05) is 18.2 Å². The highest BCUT2D eigenvalue weighted by atomic mass is 16.5. The summed E-state index contributed by atoms with van der Waals surface area (Å²) in [5.41, 5.74) is 0.842. The van der Waals surface area contributed by atoms with Gasteiger partial charge in [-0.05, 0) is 26.5 Å². The standard InChI is InChI=1S/C16H21N3O2/c1-16(2,12-7-5-4-6-8-12)15-17-14(18-21-15)13-11-19(3)9-10-20-13/h4-8,13H,9-11H2,1-3H3. The third-order valence-electron chi connectivity index (χ3n) is 4.03. The first kappa shape index (κ1) is 14.2. The zero-order valence-corrected chi connectivity index (χ0v) is 12.7. The van der Waals surface area contributed by atoms with Gasteiger partial charge in [-0.15, -0.1) is 0 Å². The molecule has 21 heavy (non-hydrogen) atoms. The van der Waals surface area contributed by atoms with Crippen molar-refractivity contribution >= 4 is 0 Å². The van der Waals surface area contributed by atoms with E-state index in [-0.39, 0.29) is 11.5 Å². The Labute approximate surface area is 124 Å². The molecule has 1 aliphatic heterocycles. The van der Waals surface area contributed by atoms with Crippen molar-refractivity contribution in [2.75, 3.05) is 26.7 Å². The Bertz CT molecular complexity index is 595. The van der Waals surface area contributed by atoms with Gasteiger partial charge < -0.3 is 14.2 Å². The second-order valence-electron chi connectivity index (χ2n) is 6.07. The van der Waals surface area contributed by atoms with Crippen molar-refractivity contribution in [2.24, 2.45) is 0 Å². The highest BCUT2D eigenvalue weighted by Crippen LogP contribution is 2.31. The Morgan fingerprint density at radius 3 is 2.71 bits per heavy atom. The van der Waals surface area contributed by atoms with Gasteiger partial charge in [0.25, 0.3) is 0 Å². The van der Waals surface area contributed by atoms with Gasteiger partial charge >= 0.3 is 0 Å². The van der Waals surface area contributed by atoms with Crippen molar-refractivity contribution in [3.8, 4) is 0 Å². The average molecular weight is 287 g/mol. The minimum atomic E-state index is -0.312. The number of morpholine rings is 1. The number of benzene rings is 1. The number of likely N-dealkylation sites (N-methyl/N-ethyl adjacent to an activating group) is 1. The largest absolute Gasteiger partial charge is 0.367 e. The minimum absolute atomic E-state index is 0.104. The highest BCUT2D eigenvalue weighted by molar-refractivity contribution is 5.29. The van der Waals surface area contributed by atoms with Crippen molar-refractivity contribution in [3.05, 3.63) is 47.6 Å². The summed E-state index contributed by atoms with van der Waals surface area (Å²) in [5.74, 6) is 1.26. The number of aromatic nitrogens is 2. The van der Waals surface area contributed by atoms with Crippen molar-refractivity contribution in [3.63, 3.8) is 0 Å². The first-order valence-electron chi connectivity index (χ1n) is 7.27. The third kappa shape index (κ3) is 2.84. The molecule has 5 heteroatoms. The van der Waals surface area contributed by atoms with Crippen molar-refractivity contribution in [1.82, 2.24) is 15.0 Å². The summed E-state index contributed by atoms with van der Waals surface area (Å²) in [4.78, 5) is 6.80. The minimum Gasteiger partial charge on any atom is -0.367 e. The van der Waals surface area contributed by atoms with Crippen LogP contribution < -0.4 is 0 Å². The molecule has 2 heterocycles. The predicted molar refractivity (Wildman–Crippen MR) is 79.1 cm³/mol. The fourth-order valence-corrected chi connectivity index (χ4v) is 2.53. The van der Waals surface area contributed by atoms with Crippen LogP contribution in [0.1, 0.15) is 37.2 Å². The van der Waals surface area contributed by atoms with Crippen molar-refractivity contribution in [1.29, 1.82) is 0 Å². The average Bonchev–Trinajstić information content (AvgIpc) is 2.99. The first-order valence-corrected chi connectivity index (χ1v) is 7.27. The molecule has 2 aromatic rings. The van der Waals surface area contributed by atoms with E-state index in [0.29, 0.717) is 18.3 Å². The lowest BCUT2D eigenvalue weighted by Crippen LogP contribution is -2.35. The molecular weight excluding hydrogens is 266 g/mol. The van der Waals surface area contributed by atoms with E-state index in [1.165, 1.54) is 0 Å². The van der Waals surface area contributed by atoms with Crippen LogP contribution in [0.3, 0.4) is 0 Å². The maximum atomic E-state index is 5.74. The van der Waals surface area contributed by atoms with E-state index in [0.717, 1.165) is 18.7 Å². The summed E-state index contributed by atoms with van der Waals surface area (Å²) < 4.78 is 11.3. The molecule has 1 aromatic carbocycles. The first-order chi connectivity index (χ1) is 10.1. The van der Waals surface area contributed by atoms with E-state index in [4.69, 9.17) is 9.26 Å². The van der Waals surface area contributed by atoms with Gasteiger partial charge in [0.05, 0.1) is 12.0 Å². The number of rotatable bonds is 3. The Morgan fingerprint density at radius 2 is 2.00 bits per heavy atom. The Kier molecular flexibility index (Phi) is 3.78. The summed E-state index contributed by atoms with van der Waals surface area (Å²) in [6, 6.07) is 10.2. The van der Waals surface area contributed by atoms with Crippen LogP contribution in [0.25, 0.3) is 0 Å². The maximum absolute atomic E-state index is 5.74. The number of ether oxygens (including phenoxy) is 1. The number of hydrogen-bond donors (Lipinski definition) is 0. The van der Waals surface area contributed by atoms with Gasteiger partial charge in [-0.25, -0.2) is 0 Å². The van der Waals surface area contributed by atoms with E-state index in [2.05, 4.69) is 48.1 Å². The monoisotopic (exact) mass is 287 g/mol. The zero-order chi connectivity index (χ0) is 14.9. The van der Waals surface area contributed by atoms with Crippen LogP contribution in [0.2, 0.25) is 0 Å². The second-order valence-corrected chi connectivity index (χ2v) is 6.07. The van der Waals surface area contributed by atoms with Crippen molar-refractivity contribution < 1.29 is 9.26 Å². The summed E-state index contributed by atoms with van der Waals surface area (Å²) in [6.07, 6.45) is -0.104. The molecule has 1 aromatic heterocycles. The second kappa shape index (κ2) is 5.58. The molecule has 1 aliphatic rings. The SMILES string of the molecule is CN1CCOC(c2noc(C(C)(C)c3ccccc3)n2)C1. The quantitative estimate of drug-likeness (QED) is 0.867. The maximum Gasteiger partial charge on any atom is 0.236 e. The molecular formula is C16H21N3O2. The molecule has 0 aliphatic carbocycles. The highest BCUT2D eigenvalue weighted by Gasteiger charge is 2.32. The molecule has 112 valence electrons. The third-order valence-corrected chi connectivity index (χ3v) is 4.03. The van der Waals surface area contributed by atoms with E-state index >= 15 is 0 Å². The van der Waals surface area contributed by atoms with Crippen LogP contribution in [-0.2, 0) is 10.2 Å². The van der Waals surface area contributed by atoms with Gasteiger partial charge in [-0.2, -0.15) is 4.98 Å². The summed E-state index contributed by atoms with van der Waals surface area (Å²) >= 11 is 0. The molecule has 5 nitrogen and oxygen atoms in total. The molecule has 3 rings (SSSR count). The molecule has 0 spiro atoms. The fourth-order valence-electron chi connectivity index (χ4n) is 2.53. The molecule has 1 atom stereocenters. The van der Waals surface area contributed by atoms with E-state index in [9.17, 15) is 0 Å². The lowest BCUT2D eigenvalue weighted by atomic mass is 9.84. The van der Waals surface area contributed by atoms with Gasteiger partial charge in [0.15, 0.2) is 0 Å². The van der Waals surface area contributed by atoms with E-state index < -0.39 is 0 Å². The van der Waals surface area contributed by atoms with Crippen LogP contribution in [0.4, 0.5) is 0 Å². The summed E-state index contributed by atoms with van der Waals surface area (Å²) in [5, 5.41) is 4.13. The van der Waals surface area contributed by atoms with Crippen LogP contribution >= 0.6 is 0 Å². The normalized spacial score (nSPS) is 20.6. The summed E-state index contributed by atoms with van der Waals surface area (Å²) in [7, 11) is 2.07. The van der Waals surface area contributed by atoms with Gasteiger partial charge in [-0.3, -0.25) is 0 Å². The Balaban J connectivity index is 1.84. The van der Waals surface area contributed by atoms with E-state index in [1.54, 1.807) is 0 Å². The van der Waals surface area contributed by atoms with Crippen LogP contribution in [0.15, 0.2) is 34.9 Å². The summed E-state index contributed by atoms with van der Waals surface area (Å²) in [6.45, 7) is 6.62. The van der Waals surface area contributed by atoms with Gasteiger partial charge in [0.2, 0.25) is 11.7 Å². The smallest absolute Gasteiger partial charge is 0.236 e. The molecule has 1 fully saturated rings.